The summed E-state index contributed by atoms with van der Waals surface area (Å²) in [7, 11) is 1.43. The largest absolute Gasteiger partial charge is 0.508 e. The summed E-state index contributed by atoms with van der Waals surface area (Å²) in [5.74, 6) is 1.25. The molecule has 0 unspecified atom stereocenters. The number of likely N-dealkylation sites (tertiary alicyclic amines) is 1. The molecule has 506 valence electrons. The standard InChI is InChI=1S/C72H87Cl2FN10O10/c1-8-51(73)15-11-13-17-58-66(80-64(44-71(4,5)6)72(58,47-76)57-20-19-52(74)42-59(57)75)69(89)78-60-21-18-50(41-63(60)90-7)68(88)77-25-33-91-34-35-92-36-37-93-38-39-94-54-22-26-82(27-23-54)45-48(3)95-70-79-61-46-85(62-43-53(86)40-49-14-10-12-16-55(49)62)28-24-56(61)67(81-70)84-31-29-83(30-32-84)65(87)9-2/h1,9-16,18-21,40-43,48,54,58,64,66,80,86H,2,17,22-39,44-46H2,3-7H3,(H,77,88)(H,78,89)/b13-11-,51-15+/t48-,58+,64+,66-,72-/m1/s1. The van der Waals surface area contributed by atoms with Gasteiger partial charge in [-0.1, -0.05) is 99.0 Å². The monoisotopic (exact) mass is 1340 g/mol. The Bertz CT molecular complexity index is 3650. The van der Waals surface area contributed by atoms with E-state index in [1.807, 2.05) is 49.9 Å². The molecule has 0 bridgehead atoms. The molecule has 3 saturated heterocycles. The molecule has 0 radical (unpaired) electrons. The minimum Gasteiger partial charge on any atom is -0.508 e. The molecule has 20 nitrogen and oxygen atoms in total. The topological polar surface area (TPSA) is 225 Å². The molecule has 4 aliphatic heterocycles. The smallest absolute Gasteiger partial charge is 0.318 e. The van der Waals surface area contributed by atoms with E-state index >= 15 is 4.39 Å². The van der Waals surface area contributed by atoms with E-state index in [4.69, 9.17) is 68.0 Å². The summed E-state index contributed by atoms with van der Waals surface area (Å²) in [6, 6.07) is 21.7. The Morgan fingerprint density at radius 2 is 1.66 bits per heavy atom. The zero-order valence-electron chi connectivity index (χ0n) is 54.9. The lowest BCUT2D eigenvalue weighted by atomic mass is 9.63. The molecule has 3 fully saturated rings. The van der Waals surface area contributed by atoms with Gasteiger partial charge in [-0.2, -0.15) is 15.2 Å². The maximum Gasteiger partial charge on any atom is 0.318 e. The third-order valence-electron chi connectivity index (χ3n) is 17.7. The van der Waals surface area contributed by atoms with E-state index in [2.05, 4.69) is 62.2 Å². The van der Waals surface area contributed by atoms with E-state index in [1.165, 1.54) is 37.5 Å². The molecule has 0 spiro atoms. The van der Waals surface area contributed by atoms with Gasteiger partial charge >= 0.3 is 6.01 Å². The number of phenolic OH excluding ortho intramolecular Hbond substituents is 1. The van der Waals surface area contributed by atoms with Gasteiger partial charge in [0.1, 0.15) is 34.7 Å². The lowest BCUT2D eigenvalue weighted by molar-refractivity contribution is -0.126. The molecule has 3 amide bonds. The van der Waals surface area contributed by atoms with Gasteiger partial charge in [0.15, 0.2) is 0 Å². The number of terminal acetylenes is 1. The molecule has 95 heavy (non-hydrogen) atoms. The summed E-state index contributed by atoms with van der Waals surface area (Å²) in [5.41, 5.74) is 1.78. The fraction of sp³-hybridized carbons (Fsp3) is 0.472. The number of benzene rings is 4. The summed E-state index contributed by atoms with van der Waals surface area (Å²) < 4.78 is 51.6. The minimum absolute atomic E-state index is 0.0711. The van der Waals surface area contributed by atoms with E-state index in [0.717, 1.165) is 66.0 Å². The number of hydrogen-bond donors (Lipinski definition) is 4. The van der Waals surface area contributed by atoms with Gasteiger partial charge in [-0.15, -0.1) is 6.42 Å². The van der Waals surface area contributed by atoms with Crippen LogP contribution in [0.1, 0.15) is 80.6 Å². The Hall–Kier alpha value is -7.83. The number of amides is 3. The van der Waals surface area contributed by atoms with Crippen molar-refractivity contribution in [3.8, 4) is 35.9 Å². The molecule has 4 aliphatic rings. The van der Waals surface area contributed by atoms with Crippen LogP contribution in [-0.4, -0.2) is 179 Å². The van der Waals surface area contributed by atoms with Crippen LogP contribution in [0.2, 0.25) is 5.02 Å². The quantitative estimate of drug-likeness (QED) is 0.0151. The molecule has 23 heteroatoms. The summed E-state index contributed by atoms with van der Waals surface area (Å²) >= 11 is 12.3. The molecule has 1 aromatic heterocycles. The Labute approximate surface area is 566 Å². The molecule has 5 heterocycles. The number of carbonyl (C=O) groups excluding carboxylic acids is 3. The van der Waals surface area contributed by atoms with E-state index < -0.39 is 35.1 Å². The van der Waals surface area contributed by atoms with Crippen molar-refractivity contribution in [2.24, 2.45) is 11.3 Å². The second kappa shape index (κ2) is 33.7. The first-order chi connectivity index (χ1) is 45.8. The highest BCUT2D eigenvalue weighted by Crippen LogP contribution is 2.49. The van der Waals surface area contributed by atoms with Gasteiger partial charge in [-0.25, -0.2) is 4.39 Å². The van der Waals surface area contributed by atoms with Crippen LogP contribution < -0.4 is 35.2 Å². The fourth-order valence-corrected chi connectivity index (χ4v) is 13.3. The van der Waals surface area contributed by atoms with Crippen LogP contribution in [0.3, 0.4) is 0 Å². The van der Waals surface area contributed by atoms with Crippen molar-refractivity contribution in [1.82, 2.24) is 30.4 Å². The second-order valence-corrected chi connectivity index (χ2v) is 26.3. The van der Waals surface area contributed by atoms with Gasteiger partial charge in [0, 0.05) is 110 Å². The number of aromatic hydroxyl groups is 1. The van der Waals surface area contributed by atoms with Crippen molar-refractivity contribution in [3.05, 3.63) is 142 Å². The highest BCUT2D eigenvalue weighted by atomic mass is 35.5. The zero-order valence-corrected chi connectivity index (χ0v) is 56.4. The normalized spacial score (nSPS) is 19.9. The third-order valence-corrected chi connectivity index (χ3v) is 18.1. The van der Waals surface area contributed by atoms with Crippen molar-refractivity contribution >= 4 is 68.9 Å². The molecule has 5 aromatic rings. The maximum atomic E-state index is 16.0. The predicted octanol–water partition coefficient (Wildman–Crippen LogP) is 9.76. The van der Waals surface area contributed by atoms with Crippen molar-refractivity contribution in [3.63, 3.8) is 0 Å². The molecular weight excluding hydrogens is 1250 g/mol. The maximum absolute atomic E-state index is 16.0. The van der Waals surface area contributed by atoms with Crippen LogP contribution in [0.5, 0.6) is 17.5 Å². The number of hydrogen-bond acceptors (Lipinski definition) is 17. The first kappa shape index (κ1) is 71.5. The predicted molar refractivity (Wildman–Crippen MR) is 367 cm³/mol. The number of piperazine rings is 1. The van der Waals surface area contributed by atoms with Crippen LogP contribution >= 0.6 is 23.2 Å². The van der Waals surface area contributed by atoms with Crippen molar-refractivity contribution in [2.45, 2.75) is 96.1 Å². The van der Waals surface area contributed by atoms with Crippen LogP contribution in [0.4, 0.5) is 21.6 Å². The number of allylic oxidation sites excluding steroid dienone is 4. The van der Waals surface area contributed by atoms with Gasteiger partial charge < -0.3 is 64.2 Å². The number of aromatic nitrogens is 2. The van der Waals surface area contributed by atoms with Crippen molar-refractivity contribution in [1.29, 1.82) is 5.26 Å². The Morgan fingerprint density at radius 3 is 2.36 bits per heavy atom. The summed E-state index contributed by atoms with van der Waals surface area (Å²) in [6.45, 7) is 20.7. The molecule has 0 saturated carbocycles. The van der Waals surface area contributed by atoms with Gasteiger partial charge in [0.2, 0.25) is 11.8 Å². The van der Waals surface area contributed by atoms with E-state index in [-0.39, 0.29) is 87.4 Å². The number of carbonyl (C=O) groups is 3. The number of ether oxygens (including phenoxy) is 6. The number of rotatable bonds is 29. The van der Waals surface area contributed by atoms with Gasteiger partial charge in [0.05, 0.1) is 94.5 Å². The minimum atomic E-state index is -1.52. The highest BCUT2D eigenvalue weighted by molar-refractivity contribution is 6.32. The molecule has 4 aromatic carbocycles. The molecule has 5 atom stereocenters. The van der Waals surface area contributed by atoms with E-state index in [1.54, 1.807) is 36.4 Å². The lowest BCUT2D eigenvalue weighted by Gasteiger charge is -2.38. The van der Waals surface area contributed by atoms with Crippen LogP contribution in [-0.2, 0) is 46.9 Å². The van der Waals surface area contributed by atoms with Crippen LogP contribution in [0.25, 0.3) is 10.8 Å². The number of phenols is 1. The zero-order chi connectivity index (χ0) is 67.7. The fourth-order valence-electron chi connectivity index (χ4n) is 13.1. The van der Waals surface area contributed by atoms with E-state index in [0.29, 0.717) is 97.8 Å². The Kier molecular flexibility index (Phi) is 25.4. The average molecular weight is 1340 g/mol. The average Bonchev–Trinajstić information content (AvgIpc) is 1.60. The van der Waals surface area contributed by atoms with Gasteiger partial charge in [-0.05, 0) is 98.4 Å². The van der Waals surface area contributed by atoms with Crippen molar-refractivity contribution < 1.29 is 52.3 Å². The number of anilines is 3. The number of nitriles is 1. The number of fused-ring (bicyclic) bond motifs is 2. The Balaban J connectivity index is 0.660. The number of halogens is 3. The molecule has 0 aliphatic carbocycles. The van der Waals surface area contributed by atoms with Crippen LogP contribution in [0, 0.1) is 40.8 Å². The number of piperidine rings is 1. The molecule has 4 N–H and O–H groups in total. The van der Waals surface area contributed by atoms with Gasteiger partial charge in [0.25, 0.3) is 5.91 Å². The van der Waals surface area contributed by atoms with Crippen LogP contribution in [0.15, 0.2) is 109 Å². The van der Waals surface area contributed by atoms with E-state index in [9.17, 15) is 24.8 Å². The van der Waals surface area contributed by atoms with Gasteiger partial charge in [-0.3, -0.25) is 19.3 Å². The Morgan fingerprint density at radius 1 is 0.937 bits per heavy atom. The lowest BCUT2D eigenvalue weighted by Crippen LogP contribution is -2.49. The third kappa shape index (κ3) is 18.6. The second-order valence-electron chi connectivity index (χ2n) is 25.4. The first-order valence-corrected chi connectivity index (χ1v) is 33.2. The molecular formula is C72H87Cl2FN10O10. The molecule has 9 rings (SSSR count). The SMILES string of the molecule is C#C/C(Cl)=C\C=C/C[C@H]1[C@H](C(=O)Nc2ccc(C(=O)NCCOCCOCCOCCOC3CCN(C[C@@H](C)Oc4nc5c(c(N6CCN(C(=O)C=C)CC6)n4)CCN(c4cc(O)cc6ccccc46)C5)CC3)cc2OC)N[C@@H](CC(C)(C)C)[C@]1(C#N)c1ccc(Cl)cc1F. The number of methoxy groups -OCH3 is 1. The highest BCUT2D eigenvalue weighted by Gasteiger charge is 2.59. The number of nitrogens with one attached hydrogen (secondary N) is 3. The summed E-state index contributed by atoms with van der Waals surface area (Å²) in [6.07, 6.45) is 14.7. The van der Waals surface area contributed by atoms with Crippen molar-refractivity contribution in [2.75, 3.05) is 127 Å². The summed E-state index contributed by atoms with van der Waals surface area (Å²) in [4.78, 5) is 59.0. The summed E-state index contributed by atoms with van der Waals surface area (Å²) in [5, 5.41) is 33.4. The first-order valence-electron chi connectivity index (χ1n) is 32.5. The number of nitrogens with zero attached hydrogens (tertiary/aromatic N) is 7.